The van der Waals surface area contributed by atoms with E-state index >= 15 is 0 Å². The fourth-order valence-corrected chi connectivity index (χ4v) is 8.56. The smallest absolute Gasteiger partial charge is 0.0629 e. The molecule has 9 aromatic carbocycles. The van der Waals surface area contributed by atoms with Crippen LogP contribution in [0.4, 0.5) is 17.1 Å². The van der Waals surface area contributed by atoms with E-state index in [0.29, 0.717) is 5.56 Å². The van der Waals surface area contributed by atoms with Crippen molar-refractivity contribution in [1.29, 1.82) is 0 Å². The SMILES string of the molecule is [2H]c1c([2H])c([2H])c(-c2ccc(N(c3cccc(-c4ccc5c(c4)-c4ccccc4C5(C)C)c3-c3ccccc3)c3cc4ccccc4c4ccccc34)cc2)c([2H])c1[2H]. The number of nitrogens with zero attached hydrogens (tertiary/aromatic N) is 1. The van der Waals surface area contributed by atoms with Crippen molar-refractivity contribution in [2.24, 2.45) is 0 Å². The maximum atomic E-state index is 8.70. The molecule has 1 heteroatoms. The Bertz CT molecular complexity index is 3110. The molecule has 0 fully saturated rings. The van der Waals surface area contributed by atoms with Crippen LogP contribution in [0.1, 0.15) is 31.8 Å². The third-order valence-electron chi connectivity index (χ3n) is 11.1. The molecule has 0 aromatic heterocycles. The zero-order valence-corrected chi connectivity index (χ0v) is 30.1. The van der Waals surface area contributed by atoms with Crippen LogP contribution in [-0.2, 0) is 5.41 Å². The number of fused-ring (bicyclic) bond motifs is 6. The number of anilines is 3. The predicted octanol–water partition coefficient (Wildman–Crippen LogP) is 14.8. The Kier molecular flexibility index (Phi) is 6.37. The summed E-state index contributed by atoms with van der Waals surface area (Å²) in [6.45, 7) is 4.62. The van der Waals surface area contributed by atoms with Crippen LogP contribution in [0.5, 0.6) is 0 Å². The van der Waals surface area contributed by atoms with E-state index in [1.165, 1.54) is 27.6 Å². The number of benzene rings is 9. The van der Waals surface area contributed by atoms with Gasteiger partial charge in [0.2, 0.25) is 0 Å². The van der Waals surface area contributed by atoms with Crippen molar-refractivity contribution in [2.45, 2.75) is 19.3 Å². The first-order valence-corrected chi connectivity index (χ1v) is 18.4. The van der Waals surface area contributed by atoms with Gasteiger partial charge in [-0.15, -0.1) is 0 Å². The van der Waals surface area contributed by atoms with Crippen LogP contribution in [0, 0.1) is 0 Å². The summed E-state index contributed by atoms with van der Waals surface area (Å²) in [7, 11) is 0. The molecule has 256 valence electrons. The quantitative estimate of drug-likeness (QED) is 0.157. The van der Waals surface area contributed by atoms with E-state index in [0.717, 1.165) is 55.5 Å². The minimum Gasteiger partial charge on any atom is -0.309 e. The van der Waals surface area contributed by atoms with Crippen molar-refractivity contribution in [3.63, 3.8) is 0 Å². The highest BCUT2D eigenvalue weighted by molar-refractivity contribution is 6.15. The minimum absolute atomic E-state index is 0.107. The van der Waals surface area contributed by atoms with Crippen LogP contribution in [0.25, 0.3) is 66.1 Å². The molecule has 10 rings (SSSR count). The highest BCUT2D eigenvalue weighted by Gasteiger charge is 2.35. The molecule has 0 saturated carbocycles. The summed E-state index contributed by atoms with van der Waals surface area (Å²) in [6.07, 6.45) is 0. The average molecular weight is 695 g/mol. The Hall–Kier alpha value is -6.70. The van der Waals surface area contributed by atoms with Gasteiger partial charge in [-0.05, 0) is 96.6 Å². The number of rotatable bonds is 6. The van der Waals surface area contributed by atoms with E-state index in [1.54, 1.807) is 0 Å². The van der Waals surface area contributed by atoms with Crippen molar-refractivity contribution in [1.82, 2.24) is 0 Å². The largest absolute Gasteiger partial charge is 0.309 e. The van der Waals surface area contributed by atoms with Crippen LogP contribution >= 0.6 is 0 Å². The topological polar surface area (TPSA) is 3.24 Å². The summed E-state index contributed by atoms with van der Waals surface area (Å²) in [4.78, 5) is 2.32. The minimum atomic E-state index is -0.403. The van der Waals surface area contributed by atoms with Gasteiger partial charge in [0.25, 0.3) is 0 Å². The molecule has 54 heavy (non-hydrogen) atoms. The summed E-state index contributed by atoms with van der Waals surface area (Å²) in [6, 6.07) is 58.2. The molecule has 0 bridgehead atoms. The molecule has 0 radical (unpaired) electrons. The van der Waals surface area contributed by atoms with Crippen molar-refractivity contribution >= 4 is 38.6 Å². The van der Waals surface area contributed by atoms with E-state index in [-0.39, 0.29) is 35.1 Å². The molecule has 0 amide bonds. The second-order valence-corrected chi connectivity index (χ2v) is 14.5. The van der Waals surface area contributed by atoms with E-state index in [9.17, 15) is 0 Å². The lowest BCUT2D eigenvalue weighted by molar-refractivity contribution is 0.660. The Morgan fingerprint density at radius 2 is 1.07 bits per heavy atom. The predicted molar refractivity (Wildman–Crippen MR) is 230 cm³/mol. The van der Waals surface area contributed by atoms with Crippen LogP contribution in [-0.4, -0.2) is 0 Å². The van der Waals surface area contributed by atoms with Gasteiger partial charge in [-0.2, -0.15) is 0 Å². The van der Waals surface area contributed by atoms with Gasteiger partial charge in [0, 0.05) is 22.1 Å². The second kappa shape index (κ2) is 12.8. The van der Waals surface area contributed by atoms with Crippen LogP contribution in [0.15, 0.2) is 200 Å². The normalized spacial score (nSPS) is 14.1. The third-order valence-corrected chi connectivity index (χ3v) is 11.1. The van der Waals surface area contributed by atoms with Crippen molar-refractivity contribution < 1.29 is 6.85 Å². The van der Waals surface area contributed by atoms with Gasteiger partial charge >= 0.3 is 0 Å². The molecule has 0 spiro atoms. The lowest BCUT2D eigenvalue weighted by atomic mass is 9.82. The molecule has 1 aliphatic carbocycles. The molecular formula is C53H39N. The molecule has 1 nitrogen and oxygen atoms in total. The van der Waals surface area contributed by atoms with Crippen LogP contribution in [0.2, 0.25) is 0 Å². The fourth-order valence-electron chi connectivity index (χ4n) is 8.56. The first kappa shape index (κ1) is 27.0. The van der Waals surface area contributed by atoms with Crippen molar-refractivity contribution in [3.05, 3.63) is 211 Å². The summed E-state index contributed by atoms with van der Waals surface area (Å²) in [5.41, 5.74) is 13.0. The summed E-state index contributed by atoms with van der Waals surface area (Å²) >= 11 is 0. The summed E-state index contributed by atoms with van der Waals surface area (Å²) in [5, 5.41) is 4.50. The maximum absolute atomic E-state index is 8.70. The Morgan fingerprint density at radius 3 is 1.89 bits per heavy atom. The van der Waals surface area contributed by atoms with E-state index in [2.05, 4.69) is 158 Å². The summed E-state index contributed by atoms with van der Waals surface area (Å²) in [5.74, 6) is 0. The van der Waals surface area contributed by atoms with Crippen molar-refractivity contribution in [3.8, 4) is 44.5 Å². The van der Waals surface area contributed by atoms with Crippen molar-refractivity contribution in [2.75, 3.05) is 4.90 Å². The van der Waals surface area contributed by atoms with Gasteiger partial charge in [0.15, 0.2) is 0 Å². The van der Waals surface area contributed by atoms with Crippen LogP contribution in [0.3, 0.4) is 0 Å². The lowest BCUT2D eigenvalue weighted by Crippen LogP contribution is -2.14. The van der Waals surface area contributed by atoms with Gasteiger partial charge in [-0.3, -0.25) is 0 Å². The molecule has 0 aliphatic heterocycles. The number of hydrogen-bond acceptors (Lipinski definition) is 1. The highest BCUT2D eigenvalue weighted by atomic mass is 15.1. The zero-order valence-electron chi connectivity index (χ0n) is 35.1. The lowest BCUT2D eigenvalue weighted by Gasteiger charge is -2.31. The van der Waals surface area contributed by atoms with E-state index in [4.69, 9.17) is 6.85 Å². The molecule has 0 saturated heterocycles. The van der Waals surface area contributed by atoms with E-state index < -0.39 is 6.04 Å². The van der Waals surface area contributed by atoms with Gasteiger partial charge in [-0.1, -0.05) is 184 Å². The Labute approximate surface area is 324 Å². The first-order chi connectivity index (χ1) is 28.6. The van der Waals surface area contributed by atoms with E-state index in [1.807, 2.05) is 30.3 Å². The third kappa shape index (κ3) is 5.16. The monoisotopic (exact) mass is 694 g/mol. The zero-order chi connectivity index (χ0) is 40.6. The van der Waals surface area contributed by atoms with Crippen LogP contribution < -0.4 is 4.90 Å². The molecule has 0 unspecified atom stereocenters. The second-order valence-electron chi connectivity index (χ2n) is 14.5. The molecule has 0 atom stereocenters. The van der Waals surface area contributed by atoms with Gasteiger partial charge in [0.1, 0.15) is 0 Å². The Balaban J connectivity index is 1.25. The van der Waals surface area contributed by atoms with Gasteiger partial charge < -0.3 is 4.90 Å². The molecular weight excluding hydrogens is 651 g/mol. The summed E-state index contributed by atoms with van der Waals surface area (Å²) < 4.78 is 42.2. The first-order valence-electron chi connectivity index (χ1n) is 20.9. The maximum Gasteiger partial charge on any atom is 0.0629 e. The standard InChI is InChI=1S/C53H39N/c1-53(2)48-26-14-13-23-45(48)47-34-40(30-33-49(47)53)43-25-15-27-50(52(43)38-18-7-4-8-19-38)54(41-31-28-37(29-32-41)36-16-5-3-6-17-36)51-35-39-20-9-10-21-42(39)44-22-11-12-24-46(44)51/h3-35H,1-2H3/i3D,5D,6D,16D,17D. The fraction of sp³-hybridized carbons (Fsp3) is 0.0566. The number of hydrogen-bond donors (Lipinski definition) is 0. The Morgan fingerprint density at radius 1 is 0.426 bits per heavy atom. The molecule has 0 N–H and O–H groups in total. The molecule has 1 aliphatic rings. The highest BCUT2D eigenvalue weighted by Crippen LogP contribution is 2.52. The molecule has 0 heterocycles. The van der Waals surface area contributed by atoms with Gasteiger partial charge in [0.05, 0.1) is 18.2 Å². The average Bonchev–Trinajstić information content (AvgIpc) is 3.51. The molecule has 9 aromatic rings. The van der Waals surface area contributed by atoms with Gasteiger partial charge in [-0.25, -0.2) is 0 Å².